The van der Waals surface area contributed by atoms with Crippen LogP contribution in [-0.2, 0) is 6.54 Å². The van der Waals surface area contributed by atoms with E-state index in [1.54, 1.807) is 13.2 Å². The van der Waals surface area contributed by atoms with Gasteiger partial charge in [-0.25, -0.2) is 0 Å². The van der Waals surface area contributed by atoms with Gasteiger partial charge >= 0.3 is 0 Å². The minimum Gasteiger partial charge on any atom is -0.504 e. The molecule has 0 bridgehead atoms. The van der Waals surface area contributed by atoms with Gasteiger partial charge in [0.15, 0.2) is 11.5 Å². The SMILES string of the molecule is COc1cc(CN)cc(-c2c(OC)ccc3ccccc23)c1O. The molecule has 0 aliphatic rings. The van der Waals surface area contributed by atoms with Crippen molar-refractivity contribution in [2.24, 2.45) is 5.73 Å². The number of hydrogen-bond acceptors (Lipinski definition) is 4. The standard InChI is InChI=1S/C19H19NO3/c1-22-16-8-7-13-5-3-4-6-14(13)18(16)15-9-12(11-20)10-17(23-2)19(15)21/h3-10,21H,11,20H2,1-2H3. The molecule has 3 N–H and O–H groups in total. The van der Waals surface area contributed by atoms with Gasteiger partial charge < -0.3 is 20.3 Å². The fourth-order valence-corrected chi connectivity index (χ4v) is 2.83. The average Bonchev–Trinajstić information content (AvgIpc) is 2.61. The molecule has 0 aromatic heterocycles. The highest BCUT2D eigenvalue weighted by molar-refractivity contribution is 6.01. The Kier molecular flexibility index (Phi) is 4.08. The first-order chi connectivity index (χ1) is 11.2. The molecule has 0 amide bonds. The van der Waals surface area contributed by atoms with E-state index in [4.69, 9.17) is 15.2 Å². The number of phenolic OH excluding ortho intramolecular Hbond substituents is 1. The van der Waals surface area contributed by atoms with Crippen LogP contribution in [-0.4, -0.2) is 19.3 Å². The Morgan fingerprint density at radius 3 is 2.39 bits per heavy atom. The summed E-state index contributed by atoms with van der Waals surface area (Å²) in [7, 11) is 3.15. The second kappa shape index (κ2) is 6.18. The molecule has 3 aromatic rings. The van der Waals surface area contributed by atoms with Crippen molar-refractivity contribution in [1.29, 1.82) is 0 Å². The molecule has 0 spiro atoms. The van der Waals surface area contributed by atoms with E-state index < -0.39 is 0 Å². The highest BCUT2D eigenvalue weighted by Gasteiger charge is 2.18. The molecule has 0 atom stereocenters. The first-order valence-electron chi connectivity index (χ1n) is 7.35. The smallest absolute Gasteiger partial charge is 0.165 e. The summed E-state index contributed by atoms with van der Waals surface area (Å²) in [5.74, 6) is 1.17. The molecule has 3 aromatic carbocycles. The zero-order valence-corrected chi connectivity index (χ0v) is 13.2. The van der Waals surface area contributed by atoms with Gasteiger partial charge in [-0.05, 0) is 34.5 Å². The number of nitrogens with two attached hydrogens (primary N) is 1. The molecule has 3 rings (SSSR count). The van der Waals surface area contributed by atoms with Crippen LogP contribution < -0.4 is 15.2 Å². The summed E-state index contributed by atoms with van der Waals surface area (Å²) < 4.78 is 10.8. The summed E-state index contributed by atoms with van der Waals surface area (Å²) in [6, 6.07) is 15.5. The van der Waals surface area contributed by atoms with Gasteiger partial charge in [-0.1, -0.05) is 30.3 Å². The molecule has 0 aliphatic heterocycles. The van der Waals surface area contributed by atoms with Gasteiger partial charge in [0.05, 0.1) is 14.2 Å². The highest BCUT2D eigenvalue weighted by atomic mass is 16.5. The van der Waals surface area contributed by atoms with Crippen molar-refractivity contribution >= 4 is 10.8 Å². The molecule has 4 nitrogen and oxygen atoms in total. The van der Waals surface area contributed by atoms with Crippen LogP contribution in [0, 0.1) is 0 Å². The van der Waals surface area contributed by atoms with Crippen molar-refractivity contribution in [3.8, 4) is 28.4 Å². The van der Waals surface area contributed by atoms with E-state index in [0.717, 1.165) is 21.9 Å². The lowest BCUT2D eigenvalue weighted by Gasteiger charge is -2.16. The summed E-state index contributed by atoms with van der Waals surface area (Å²) >= 11 is 0. The van der Waals surface area contributed by atoms with Crippen LogP contribution in [0.1, 0.15) is 5.56 Å². The van der Waals surface area contributed by atoms with Crippen LogP contribution in [0.4, 0.5) is 0 Å². The quantitative estimate of drug-likeness (QED) is 0.771. The van der Waals surface area contributed by atoms with E-state index in [2.05, 4.69) is 0 Å². The third-order valence-electron chi connectivity index (χ3n) is 3.97. The molecule has 4 heteroatoms. The van der Waals surface area contributed by atoms with Gasteiger partial charge in [-0.2, -0.15) is 0 Å². The third kappa shape index (κ3) is 2.58. The Labute approximate surface area is 135 Å². The lowest BCUT2D eigenvalue weighted by Crippen LogP contribution is -1.99. The van der Waals surface area contributed by atoms with E-state index >= 15 is 0 Å². The lowest BCUT2D eigenvalue weighted by molar-refractivity contribution is 0.373. The molecule has 0 saturated carbocycles. The van der Waals surface area contributed by atoms with Crippen LogP contribution in [0.3, 0.4) is 0 Å². The van der Waals surface area contributed by atoms with Gasteiger partial charge in [0.1, 0.15) is 5.75 Å². The van der Waals surface area contributed by atoms with Crippen molar-refractivity contribution in [1.82, 2.24) is 0 Å². The summed E-state index contributed by atoms with van der Waals surface area (Å²) in [6.07, 6.45) is 0. The highest BCUT2D eigenvalue weighted by Crippen LogP contribution is 2.45. The summed E-state index contributed by atoms with van der Waals surface area (Å²) in [5, 5.41) is 12.7. The zero-order chi connectivity index (χ0) is 16.4. The summed E-state index contributed by atoms with van der Waals surface area (Å²) in [5.41, 5.74) is 8.15. The Balaban J connectivity index is 2.40. The maximum absolute atomic E-state index is 10.6. The molecule has 0 radical (unpaired) electrons. The van der Waals surface area contributed by atoms with Crippen molar-refractivity contribution < 1.29 is 14.6 Å². The largest absolute Gasteiger partial charge is 0.504 e. The predicted molar refractivity (Wildman–Crippen MR) is 92.0 cm³/mol. The maximum atomic E-state index is 10.6. The Hall–Kier alpha value is -2.72. The van der Waals surface area contributed by atoms with Crippen molar-refractivity contribution in [2.45, 2.75) is 6.54 Å². The van der Waals surface area contributed by atoms with Gasteiger partial charge in [0, 0.05) is 17.7 Å². The lowest BCUT2D eigenvalue weighted by atomic mass is 9.94. The molecule has 0 heterocycles. The molecule has 0 fully saturated rings. The number of ether oxygens (including phenoxy) is 2. The molecule has 0 unspecified atom stereocenters. The zero-order valence-electron chi connectivity index (χ0n) is 13.2. The molecule has 0 saturated heterocycles. The summed E-state index contributed by atoms with van der Waals surface area (Å²) in [6.45, 7) is 0.358. The normalized spacial score (nSPS) is 10.7. The average molecular weight is 309 g/mol. The van der Waals surface area contributed by atoms with Crippen LogP contribution in [0.5, 0.6) is 17.2 Å². The van der Waals surface area contributed by atoms with E-state index in [0.29, 0.717) is 23.6 Å². The third-order valence-corrected chi connectivity index (χ3v) is 3.97. The predicted octanol–water partition coefficient (Wildman–Crippen LogP) is 3.69. The molecular formula is C19H19NO3. The summed E-state index contributed by atoms with van der Waals surface area (Å²) in [4.78, 5) is 0. The number of aromatic hydroxyl groups is 1. The minimum absolute atomic E-state index is 0.0827. The van der Waals surface area contributed by atoms with Crippen molar-refractivity contribution in [3.05, 3.63) is 54.1 Å². The molecule has 118 valence electrons. The van der Waals surface area contributed by atoms with Gasteiger partial charge in [0.25, 0.3) is 0 Å². The van der Waals surface area contributed by atoms with E-state index in [1.807, 2.05) is 42.5 Å². The number of hydrogen-bond donors (Lipinski definition) is 2. The second-order valence-corrected chi connectivity index (χ2v) is 5.26. The fraction of sp³-hybridized carbons (Fsp3) is 0.158. The number of phenols is 1. The van der Waals surface area contributed by atoms with Crippen molar-refractivity contribution in [2.75, 3.05) is 14.2 Å². The topological polar surface area (TPSA) is 64.7 Å². The second-order valence-electron chi connectivity index (χ2n) is 5.26. The van der Waals surface area contributed by atoms with E-state index in [1.165, 1.54) is 7.11 Å². The van der Waals surface area contributed by atoms with Gasteiger partial charge in [-0.3, -0.25) is 0 Å². The number of methoxy groups -OCH3 is 2. The van der Waals surface area contributed by atoms with E-state index in [-0.39, 0.29) is 5.75 Å². The first-order valence-corrected chi connectivity index (χ1v) is 7.35. The van der Waals surface area contributed by atoms with Crippen LogP contribution in [0.15, 0.2) is 48.5 Å². The number of fused-ring (bicyclic) bond motifs is 1. The maximum Gasteiger partial charge on any atom is 0.165 e. The molecule has 23 heavy (non-hydrogen) atoms. The van der Waals surface area contributed by atoms with Crippen LogP contribution in [0.25, 0.3) is 21.9 Å². The van der Waals surface area contributed by atoms with Crippen molar-refractivity contribution in [3.63, 3.8) is 0 Å². The van der Waals surface area contributed by atoms with E-state index in [9.17, 15) is 5.11 Å². The monoisotopic (exact) mass is 309 g/mol. The number of rotatable bonds is 4. The molecular weight excluding hydrogens is 290 g/mol. The van der Waals surface area contributed by atoms with Crippen LogP contribution >= 0.6 is 0 Å². The first kappa shape index (κ1) is 15.2. The van der Waals surface area contributed by atoms with Gasteiger partial charge in [0.2, 0.25) is 0 Å². The van der Waals surface area contributed by atoms with Gasteiger partial charge in [-0.15, -0.1) is 0 Å². The molecule has 0 aliphatic carbocycles. The Bertz CT molecular complexity index is 859. The van der Waals surface area contributed by atoms with Crippen LogP contribution in [0.2, 0.25) is 0 Å². The fourth-order valence-electron chi connectivity index (χ4n) is 2.83. The Morgan fingerprint density at radius 1 is 0.957 bits per heavy atom. The minimum atomic E-state index is 0.0827. The number of benzene rings is 3. The Morgan fingerprint density at radius 2 is 1.70 bits per heavy atom.